The van der Waals surface area contributed by atoms with Crippen LogP contribution in [0.1, 0.15) is 45.6 Å². The summed E-state index contributed by atoms with van der Waals surface area (Å²) in [4.78, 5) is 4.75. The Hall–Kier alpha value is -2.70. The second-order valence-electron chi connectivity index (χ2n) is 8.41. The number of anilines is 2. The van der Waals surface area contributed by atoms with Crippen LogP contribution in [0.25, 0.3) is 11.0 Å². The van der Waals surface area contributed by atoms with Gasteiger partial charge < -0.3 is 14.6 Å². The molecule has 2 aromatic carbocycles. The van der Waals surface area contributed by atoms with Crippen LogP contribution in [0.3, 0.4) is 0 Å². The smallest absolute Gasteiger partial charge is 0.406 e. The Morgan fingerprint density at radius 1 is 1.10 bits per heavy atom. The van der Waals surface area contributed by atoms with Gasteiger partial charge in [0.05, 0.1) is 11.0 Å². The van der Waals surface area contributed by atoms with Crippen LogP contribution in [0.2, 0.25) is 0 Å². The minimum Gasteiger partial charge on any atom is -0.406 e. The maximum absolute atomic E-state index is 12.4. The van der Waals surface area contributed by atoms with Gasteiger partial charge in [0, 0.05) is 11.7 Å². The SMILES string of the molecule is CC1(C)CCC[C@@H](n2c(Nc3ccc(OC(F)(F)F)cc3)nc3ccccc32)C1. The van der Waals surface area contributed by atoms with Crippen LogP contribution in [0.4, 0.5) is 24.8 Å². The Morgan fingerprint density at radius 2 is 1.83 bits per heavy atom. The third-order valence-corrected chi connectivity index (χ3v) is 5.48. The highest BCUT2D eigenvalue weighted by Crippen LogP contribution is 2.43. The van der Waals surface area contributed by atoms with Crippen molar-refractivity contribution in [1.82, 2.24) is 9.55 Å². The average molecular weight is 403 g/mol. The van der Waals surface area contributed by atoms with Gasteiger partial charge in [-0.1, -0.05) is 32.4 Å². The molecule has 1 aliphatic carbocycles. The van der Waals surface area contributed by atoms with Gasteiger partial charge in [0.2, 0.25) is 5.95 Å². The van der Waals surface area contributed by atoms with E-state index in [0.717, 1.165) is 30.3 Å². The summed E-state index contributed by atoms with van der Waals surface area (Å²) in [6, 6.07) is 14.0. The summed E-state index contributed by atoms with van der Waals surface area (Å²) in [6.07, 6.45) is -0.194. The van der Waals surface area contributed by atoms with Gasteiger partial charge in [-0.25, -0.2) is 4.98 Å². The quantitative estimate of drug-likeness (QED) is 0.519. The van der Waals surface area contributed by atoms with E-state index in [9.17, 15) is 13.2 Å². The van der Waals surface area contributed by atoms with Crippen molar-refractivity contribution in [2.24, 2.45) is 5.41 Å². The molecule has 29 heavy (non-hydrogen) atoms. The number of para-hydroxylation sites is 2. The van der Waals surface area contributed by atoms with Crippen LogP contribution in [0.15, 0.2) is 48.5 Å². The zero-order chi connectivity index (χ0) is 20.6. The minimum atomic E-state index is -4.70. The van der Waals surface area contributed by atoms with Gasteiger partial charge in [0.25, 0.3) is 0 Å². The predicted octanol–water partition coefficient (Wildman–Crippen LogP) is 6.82. The Balaban J connectivity index is 1.65. The number of aromatic nitrogens is 2. The highest BCUT2D eigenvalue weighted by Gasteiger charge is 2.32. The van der Waals surface area contributed by atoms with Crippen molar-refractivity contribution in [3.63, 3.8) is 0 Å². The topological polar surface area (TPSA) is 39.1 Å². The fraction of sp³-hybridized carbons (Fsp3) is 0.409. The zero-order valence-corrected chi connectivity index (χ0v) is 16.5. The number of alkyl halides is 3. The van der Waals surface area contributed by atoms with Crippen LogP contribution < -0.4 is 10.1 Å². The number of benzene rings is 2. The molecule has 4 nitrogen and oxygen atoms in total. The normalized spacial score (nSPS) is 19.3. The first-order valence-corrected chi connectivity index (χ1v) is 9.80. The molecule has 154 valence electrons. The third-order valence-electron chi connectivity index (χ3n) is 5.48. The molecule has 0 bridgehead atoms. The summed E-state index contributed by atoms with van der Waals surface area (Å²) < 4.78 is 43.3. The second kappa shape index (κ2) is 7.28. The van der Waals surface area contributed by atoms with Crippen molar-refractivity contribution >= 4 is 22.7 Å². The number of ether oxygens (including phenoxy) is 1. The molecule has 1 heterocycles. The molecule has 0 unspecified atom stereocenters. The zero-order valence-electron chi connectivity index (χ0n) is 16.5. The first-order chi connectivity index (χ1) is 13.7. The lowest BCUT2D eigenvalue weighted by atomic mass is 9.75. The van der Waals surface area contributed by atoms with Crippen LogP contribution in [0.5, 0.6) is 5.75 Å². The van der Waals surface area contributed by atoms with Gasteiger partial charge >= 0.3 is 6.36 Å². The summed E-state index contributed by atoms with van der Waals surface area (Å²) in [5, 5.41) is 3.29. The van der Waals surface area contributed by atoms with Gasteiger partial charge in [0.15, 0.2) is 0 Å². The largest absolute Gasteiger partial charge is 0.573 e. The summed E-state index contributed by atoms with van der Waals surface area (Å²) in [7, 11) is 0. The molecule has 0 aliphatic heterocycles. The lowest BCUT2D eigenvalue weighted by molar-refractivity contribution is -0.274. The highest BCUT2D eigenvalue weighted by atomic mass is 19.4. The summed E-state index contributed by atoms with van der Waals surface area (Å²) in [5.74, 6) is 0.462. The Labute approximate surface area is 167 Å². The molecule has 1 fully saturated rings. The number of rotatable bonds is 4. The number of halogens is 3. The Morgan fingerprint density at radius 3 is 2.52 bits per heavy atom. The summed E-state index contributed by atoms with van der Waals surface area (Å²) >= 11 is 0. The van der Waals surface area contributed by atoms with E-state index in [-0.39, 0.29) is 11.2 Å². The number of fused-ring (bicyclic) bond motifs is 1. The average Bonchev–Trinajstić information content (AvgIpc) is 2.99. The van der Waals surface area contributed by atoms with Crippen molar-refractivity contribution in [2.45, 2.75) is 51.9 Å². The predicted molar refractivity (Wildman–Crippen MR) is 107 cm³/mol. The molecule has 1 N–H and O–H groups in total. The van der Waals surface area contributed by atoms with E-state index >= 15 is 0 Å². The minimum absolute atomic E-state index is 0.245. The fourth-order valence-corrected chi connectivity index (χ4v) is 4.25. The number of hydrogen-bond acceptors (Lipinski definition) is 3. The monoisotopic (exact) mass is 403 g/mol. The van der Waals surface area contributed by atoms with Crippen molar-refractivity contribution < 1.29 is 17.9 Å². The first kappa shape index (κ1) is 19.6. The summed E-state index contributed by atoms with van der Waals surface area (Å²) in [5.41, 5.74) is 2.89. The molecule has 7 heteroatoms. The van der Waals surface area contributed by atoms with Crippen LogP contribution in [-0.4, -0.2) is 15.9 Å². The van der Waals surface area contributed by atoms with E-state index in [2.05, 4.69) is 34.5 Å². The number of imidazole rings is 1. The van der Waals surface area contributed by atoms with Gasteiger partial charge in [-0.05, 0) is 61.1 Å². The number of nitrogens with zero attached hydrogens (tertiary/aromatic N) is 2. The molecule has 1 atom stereocenters. The molecule has 0 saturated heterocycles. The van der Waals surface area contributed by atoms with E-state index in [1.165, 1.54) is 18.6 Å². The second-order valence-corrected chi connectivity index (χ2v) is 8.41. The van der Waals surface area contributed by atoms with Crippen LogP contribution >= 0.6 is 0 Å². The van der Waals surface area contributed by atoms with E-state index in [1.54, 1.807) is 12.1 Å². The molecule has 1 aliphatic rings. The number of nitrogens with one attached hydrogen (secondary N) is 1. The van der Waals surface area contributed by atoms with Crippen LogP contribution in [-0.2, 0) is 0 Å². The van der Waals surface area contributed by atoms with Gasteiger partial charge in [-0.2, -0.15) is 0 Å². The Bertz CT molecular complexity index is 993. The van der Waals surface area contributed by atoms with E-state index in [1.807, 2.05) is 18.2 Å². The Kier molecular flexibility index (Phi) is 4.92. The standard InChI is InChI=1S/C22H24F3N3O/c1-21(2)13-5-6-16(14-21)28-19-8-4-3-7-18(19)27-20(28)26-15-9-11-17(12-10-15)29-22(23,24)25/h3-4,7-12,16H,5-6,13-14H2,1-2H3,(H,26,27)/t16-/m1/s1. The molecular formula is C22H24F3N3O. The molecule has 3 aromatic rings. The molecule has 0 radical (unpaired) electrons. The van der Waals surface area contributed by atoms with E-state index in [0.29, 0.717) is 17.7 Å². The molecule has 1 saturated carbocycles. The molecule has 0 spiro atoms. The summed E-state index contributed by atoms with van der Waals surface area (Å²) in [6.45, 7) is 4.59. The van der Waals surface area contributed by atoms with E-state index < -0.39 is 6.36 Å². The van der Waals surface area contributed by atoms with Crippen LogP contribution in [0, 0.1) is 5.41 Å². The van der Waals surface area contributed by atoms with Gasteiger partial charge in [-0.3, -0.25) is 0 Å². The lowest BCUT2D eigenvalue weighted by Crippen LogP contribution is -2.25. The number of hydrogen-bond donors (Lipinski definition) is 1. The fourth-order valence-electron chi connectivity index (χ4n) is 4.25. The van der Waals surface area contributed by atoms with Crippen molar-refractivity contribution in [3.8, 4) is 5.75 Å². The molecule has 0 amide bonds. The van der Waals surface area contributed by atoms with Crippen molar-refractivity contribution in [2.75, 3.05) is 5.32 Å². The maximum Gasteiger partial charge on any atom is 0.573 e. The van der Waals surface area contributed by atoms with E-state index in [4.69, 9.17) is 4.98 Å². The van der Waals surface area contributed by atoms with Crippen molar-refractivity contribution in [3.05, 3.63) is 48.5 Å². The molecular weight excluding hydrogens is 379 g/mol. The highest BCUT2D eigenvalue weighted by molar-refractivity contribution is 5.80. The first-order valence-electron chi connectivity index (χ1n) is 9.80. The van der Waals surface area contributed by atoms with Gasteiger partial charge in [0.1, 0.15) is 5.75 Å². The molecule has 4 rings (SSSR count). The van der Waals surface area contributed by atoms with Crippen molar-refractivity contribution in [1.29, 1.82) is 0 Å². The van der Waals surface area contributed by atoms with Gasteiger partial charge in [-0.15, -0.1) is 13.2 Å². The lowest BCUT2D eigenvalue weighted by Gasteiger charge is -2.36. The third kappa shape index (κ3) is 4.49. The molecule has 1 aromatic heterocycles. The maximum atomic E-state index is 12.4.